The lowest BCUT2D eigenvalue weighted by Gasteiger charge is -2.41. The Kier molecular flexibility index (Phi) is 4.62. The van der Waals surface area contributed by atoms with Gasteiger partial charge in [0.05, 0.1) is 12.5 Å². The molecule has 0 heterocycles. The van der Waals surface area contributed by atoms with E-state index in [4.69, 9.17) is 11.9 Å². The molecule has 0 aromatic heterocycles. The van der Waals surface area contributed by atoms with Crippen LogP contribution < -0.4 is 0 Å². The number of carbonyl (C=O) groups is 1. The van der Waals surface area contributed by atoms with Crippen molar-refractivity contribution in [3.8, 4) is 0 Å². The molecule has 4 heteroatoms. The molecule has 0 aromatic rings. The summed E-state index contributed by atoms with van der Waals surface area (Å²) in [6, 6.07) is 0. The highest BCUT2D eigenvalue weighted by molar-refractivity contribution is 6.13. The summed E-state index contributed by atoms with van der Waals surface area (Å²) in [5.41, 5.74) is -0.170. The van der Waals surface area contributed by atoms with E-state index in [9.17, 15) is 9.90 Å². The van der Waals surface area contributed by atoms with Crippen molar-refractivity contribution in [2.24, 2.45) is 17.3 Å². The van der Waals surface area contributed by atoms with Crippen LogP contribution in [0.1, 0.15) is 46.5 Å². The fourth-order valence-corrected chi connectivity index (χ4v) is 2.83. The second-order valence-corrected chi connectivity index (χ2v) is 5.81. The SMILES string of the molecule is CC(C)[C@@H]1CC[C@@](C)(CC(=O)OCl)C[C@H]1O. The Morgan fingerprint density at radius 3 is 2.69 bits per heavy atom. The number of hydrogen-bond acceptors (Lipinski definition) is 3. The van der Waals surface area contributed by atoms with Crippen molar-refractivity contribution in [3.05, 3.63) is 0 Å². The first kappa shape index (κ1) is 13.8. The molecule has 0 spiro atoms. The Morgan fingerprint density at radius 2 is 2.25 bits per heavy atom. The maximum atomic E-state index is 11.2. The predicted molar refractivity (Wildman–Crippen MR) is 62.9 cm³/mol. The number of hydrogen-bond donors (Lipinski definition) is 1. The second-order valence-electron chi connectivity index (χ2n) is 5.65. The van der Waals surface area contributed by atoms with Crippen molar-refractivity contribution in [2.75, 3.05) is 0 Å². The predicted octanol–water partition coefficient (Wildman–Crippen LogP) is 2.90. The zero-order valence-electron chi connectivity index (χ0n) is 10.2. The number of aliphatic hydroxyl groups is 1. The Morgan fingerprint density at radius 1 is 1.62 bits per heavy atom. The van der Waals surface area contributed by atoms with Gasteiger partial charge >= 0.3 is 5.97 Å². The molecular formula is C12H21ClO3. The van der Waals surface area contributed by atoms with Crippen LogP contribution in [0.4, 0.5) is 0 Å². The zero-order chi connectivity index (χ0) is 12.3. The van der Waals surface area contributed by atoms with E-state index in [1.54, 1.807) is 0 Å². The van der Waals surface area contributed by atoms with Crippen LogP contribution in [0.3, 0.4) is 0 Å². The zero-order valence-corrected chi connectivity index (χ0v) is 11.0. The second kappa shape index (κ2) is 5.37. The molecule has 0 amide bonds. The van der Waals surface area contributed by atoms with E-state index in [0.29, 0.717) is 24.7 Å². The van der Waals surface area contributed by atoms with Crippen molar-refractivity contribution in [3.63, 3.8) is 0 Å². The summed E-state index contributed by atoms with van der Waals surface area (Å²) >= 11 is 5.04. The first-order valence-electron chi connectivity index (χ1n) is 5.87. The van der Waals surface area contributed by atoms with Gasteiger partial charge < -0.3 is 9.40 Å². The first-order valence-corrected chi connectivity index (χ1v) is 6.18. The number of aliphatic hydroxyl groups excluding tert-OH is 1. The fourth-order valence-electron chi connectivity index (χ4n) is 2.78. The van der Waals surface area contributed by atoms with Gasteiger partial charge in [0.2, 0.25) is 0 Å². The highest BCUT2D eigenvalue weighted by Crippen LogP contribution is 2.43. The summed E-state index contributed by atoms with van der Waals surface area (Å²) < 4.78 is 4.18. The number of halogens is 1. The van der Waals surface area contributed by atoms with Gasteiger partial charge in [0, 0.05) is 0 Å². The van der Waals surface area contributed by atoms with Gasteiger partial charge in [-0.3, -0.25) is 4.79 Å². The van der Waals surface area contributed by atoms with Gasteiger partial charge in [-0.2, -0.15) is 0 Å². The van der Waals surface area contributed by atoms with Crippen LogP contribution in [-0.4, -0.2) is 17.2 Å². The van der Waals surface area contributed by atoms with E-state index in [1.807, 2.05) is 6.92 Å². The molecule has 1 N–H and O–H groups in total. The van der Waals surface area contributed by atoms with Crippen LogP contribution in [0.2, 0.25) is 0 Å². The molecule has 3 atom stereocenters. The summed E-state index contributed by atoms with van der Waals surface area (Å²) in [4.78, 5) is 11.2. The maximum absolute atomic E-state index is 11.2. The topological polar surface area (TPSA) is 46.5 Å². The fraction of sp³-hybridized carbons (Fsp3) is 0.917. The van der Waals surface area contributed by atoms with E-state index < -0.39 is 5.97 Å². The third-order valence-electron chi connectivity index (χ3n) is 3.79. The lowest BCUT2D eigenvalue weighted by Crippen LogP contribution is -2.38. The van der Waals surface area contributed by atoms with Crippen molar-refractivity contribution in [2.45, 2.75) is 52.6 Å². The third kappa shape index (κ3) is 3.36. The first-order chi connectivity index (χ1) is 7.38. The minimum Gasteiger partial charge on any atom is -0.393 e. The highest BCUT2D eigenvalue weighted by atomic mass is 35.5. The molecular weight excluding hydrogens is 228 g/mol. The maximum Gasteiger partial charge on any atom is 0.325 e. The average Bonchev–Trinajstić information content (AvgIpc) is 2.16. The Hall–Kier alpha value is -0.280. The van der Waals surface area contributed by atoms with Crippen LogP contribution >= 0.6 is 11.9 Å². The van der Waals surface area contributed by atoms with Crippen molar-refractivity contribution < 1.29 is 14.2 Å². The summed E-state index contributed by atoms with van der Waals surface area (Å²) in [5.74, 6) is 0.430. The van der Waals surface area contributed by atoms with E-state index in [1.165, 1.54) is 0 Å². The van der Waals surface area contributed by atoms with Crippen molar-refractivity contribution in [1.82, 2.24) is 0 Å². The van der Waals surface area contributed by atoms with Gasteiger partial charge in [0.1, 0.15) is 11.9 Å². The van der Waals surface area contributed by atoms with Crippen LogP contribution in [0.5, 0.6) is 0 Å². The van der Waals surface area contributed by atoms with Crippen LogP contribution in [0.15, 0.2) is 0 Å². The Bertz CT molecular complexity index is 255. The van der Waals surface area contributed by atoms with Crippen LogP contribution in [-0.2, 0) is 9.08 Å². The monoisotopic (exact) mass is 248 g/mol. The molecule has 0 bridgehead atoms. The number of rotatable bonds is 3. The summed E-state index contributed by atoms with van der Waals surface area (Å²) in [7, 11) is 0. The lowest BCUT2D eigenvalue weighted by molar-refractivity contribution is -0.138. The van der Waals surface area contributed by atoms with Gasteiger partial charge in [-0.15, -0.1) is 0 Å². The molecule has 0 aliphatic heterocycles. The molecule has 1 aliphatic rings. The molecule has 1 fully saturated rings. The molecule has 1 saturated carbocycles. The molecule has 94 valence electrons. The highest BCUT2D eigenvalue weighted by Gasteiger charge is 2.39. The summed E-state index contributed by atoms with van der Waals surface area (Å²) in [6.07, 6.45) is 2.53. The summed E-state index contributed by atoms with van der Waals surface area (Å²) in [6.45, 7) is 6.27. The van der Waals surface area contributed by atoms with E-state index in [2.05, 4.69) is 18.1 Å². The van der Waals surface area contributed by atoms with Gasteiger partial charge in [-0.05, 0) is 36.5 Å². The van der Waals surface area contributed by atoms with Gasteiger partial charge in [-0.1, -0.05) is 20.8 Å². The Balaban J connectivity index is 2.58. The van der Waals surface area contributed by atoms with Gasteiger partial charge in [0.15, 0.2) is 0 Å². The molecule has 1 rings (SSSR count). The molecule has 16 heavy (non-hydrogen) atoms. The molecule has 0 saturated heterocycles. The minimum atomic E-state index is -0.403. The summed E-state index contributed by atoms with van der Waals surface area (Å²) in [5, 5.41) is 10.1. The molecule has 0 aromatic carbocycles. The van der Waals surface area contributed by atoms with E-state index >= 15 is 0 Å². The smallest absolute Gasteiger partial charge is 0.325 e. The number of carbonyl (C=O) groups excluding carboxylic acids is 1. The largest absolute Gasteiger partial charge is 0.393 e. The van der Waals surface area contributed by atoms with Crippen molar-refractivity contribution in [1.29, 1.82) is 0 Å². The van der Waals surface area contributed by atoms with E-state index in [-0.39, 0.29) is 11.5 Å². The van der Waals surface area contributed by atoms with Crippen LogP contribution in [0, 0.1) is 17.3 Å². The van der Waals surface area contributed by atoms with Gasteiger partial charge in [0.25, 0.3) is 0 Å². The lowest BCUT2D eigenvalue weighted by atomic mass is 9.66. The molecule has 0 radical (unpaired) electrons. The molecule has 1 aliphatic carbocycles. The standard InChI is InChI=1S/C12H21ClO3/c1-8(2)9-4-5-12(3,6-10(9)14)7-11(15)16-13/h8-10,14H,4-7H2,1-3H3/t9-,10+,12+/m0/s1. The molecule has 0 unspecified atom stereocenters. The average molecular weight is 249 g/mol. The minimum absolute atomic E-state index is 0.170. The Labute approximate surface area is 102 Å². The van der Waals surface area contributed by atoms with Crippen LogP contribution in [0.25, 0.3) is 0 Å². The van der Waals surface area contributed by atoms with Crippen molar-refractivity contribution >= 4 is 17.8 Å². The normalized spacial score (nSPS) is 35.1. The quantitative estimate of drug-likeness (QED) is 0.835. The third-order valence-corrected chi connectivity index (χ3v) is 3.96. The van der Waals surface area contributed by atoms with E-state index in [0.717, 1.165) is 12.8 Å². The van der Waals surface area contributed by atoms with Gasteiger partial charge in [-0.25, -0.2) is 0 Å². The molecule has 3 nitrogen and oxygen atoms in total.